The molecule has 0 spiro atoms. The molecule has 1 fully saturated rings. The molecule has 1 saturated carbocycles. The van der Waals surface area contributed by atoms with Gasteiger partial charge in [-0.3, -0.25) is 9.59 Å². The van der Waals surface area contributed by atoms with Crippen LogP contribution in [-0.2, 0) is 0 Å². The molecule has 5 rings (SSSR count). The van der Waals surface area contributed by atoms with Crippen molar-refractivity contribution >= 4 is 23.5 Å². The minimum absolute atomic E-state index is 0.211. The number of anilines is 2. The van der Waals surface area contributed by atoms with E-state index in [0.29, 0.717) is 22.8 Å². The molecule has 180 valence electrons. The van der Waals surface area contributed by atoms with Gasteiger partial charge in [0.1, 0.15) is 0 Å². The summed E-state index contributed by atoms with van der Waals surface area (Å²) in [7, 11) is 0. The Balaban J connectivity index is 1.19. The Morgan fingerprint density at radius 3 is 1.42 bits per heavy atom. The summed E-state index contributed by atoms with van der Waals surface area (Å²) < 4.78 is 0. The molecule has 4 aromatic rings. The first-order valence-corrected chi connectivity index (χ1v) is 12.1. The number of hydrogen-bond donors (Lipinski definition) is 2. The van der Waals surface area contributed by atoms with Gasteiger partial charge < -0.3 is 10.6 Å². The molecule has 0 aliphatic heterocycles. The fraction of sp³-hybridized carbons (Fsp3) is 0.214. The topological polar surface area (TPSA) is 110 Å². The molecule has 2 atom stereocenters. The van der Waals surface area contributed by atoms with E-state index in [1.165, 1.54) is 0 Å². The summed E-state index contributed by atoms with van der Waals surface area (Å²) in [6, 6.07) is 25.5. The van der Waals surface area contributed by atoms with Crippen molar-refractivity contribution in [1.82, 2.24) is 20.4 Å². The lowest BCUT2D eigenvalue weighted by Gasteiger charge is -2.28. The normalized spacial score (nSPS) is 17.2. The first-order chi connectivity index (χ1) is 17.7. The standard InChI is InChI=1S/C28H26N6O2/c35-27(19-8-3-1-4-9-19)29-25-16-14-23(31-33-25)21-12-7-13-22(18-21)24-15-17-26(34-32-24)30-28(36)20-10-5-2-6-11-20/h1-6,8-11,14-17,21-22H,7,12-13,18H2,(H,29,33,35)(H,30,34,36)/t21-,22-/m0/s1. The smallest absolute Gasteiger partial charge is 0.256 e. The van der Waals surface area contributed by atoms with Gasteiger partial charge in [0.15, 0.2) is 11.6 Å². The van der Waals surface area contributed by atoms with Gasteiger partial charge in [0, 0.05) is 23.0 Å². The maximum atomic E-state index is 12.3. The largest absolute Gasteiger partial charge is 0.305 e. The number of carbonyl (C=O) groups is 2. The van der Waals surface area contributed by atoms with Gasteiger partial charge in [0.25, 0.3) is 11.8 Å². The van der Waals surface area contributed by atoms with Crippen LogP contribution >= 0.6 is 0 Å². The molecule has 8 heteroatoms. The van der Waals surface area contributed by atoms with Crippen LogP contribution in [0.3, 0.4) is 0 Å². The monoisotopic (exact) mass is 478 g/mol. The van der Waals surface area contributed by atoms with Crippen molar-refractivity contribution in [2.24, 2.45) is 0 Å². The zero-order valence-electron chi connectivity index (χ0n) is 19.7. The Morgan fingerprint density at radius 2 is 1.03 bits per heavy atom. The van der Waals surface area contributed by atoms with Crippen LogP contribution in [0.25, 0.3) is 0 Å². The lowest BCUT2D eigenvalue weighted by molar-refractivity contribution is 0.101. The van der Waals surface area contributed by atoms with Crippen LogP contribution in [0.4, 0.5) is 11.6 Å². The summed E-state index contributed by atoms with van der Waals surface area (Å²) >= 11 is 0. The second kappa shape index (κ2) is 10.9. The third-order valence-electron chi connectivity index (χ3n) is 6.44. The number of nitrogens with zero attached hydrogens (tertiary/aromatic N) is 4. The number of rotatable bonds is 6. The van der Waals surface area contributed by atoms with E-state index in [2.05, 4.69) is 31.0 Å². The number of nitrogens with one attached hydrogen (secondary N) is 2. The van der Waals surface area contributed by atoms with E-state index in [1.807, 2.05) is 48.5 Å². The van der Waals surface area contributed by atoms with Gasteiger partial charge in [0.2, 0.25) is 0 Å². The van der Waals surface area contributed by atoms with Crippen molar-refractivity contribution in [3.05, 3.63) is 107 Å². The highest BCUT2D eigenvalue weighted by atomic mass is 16.2. The number of aromatic nitrogens is 4. The second-order valence-electron chi connectivity index (χ2n) is 8.89. The first-order valence-electron chi connectivity index (χ1n) is 12.1. The second-order valence-corrected chi connectivity index (χ2v) is 8.89. The number of hydrogen-bond acceptors (Lipinski definition) is 6. The molecule has 0 radical (unpaired) electrons. The SMILES string of the molecule is O=C(Nc1ccc([C@H]2CCC[C@H](c3ccc(NC(=O)c4ccccc4)nn3)C2)nn1)c1ccccc1. The van der Waals surface area contributed by atoms with Crippen molar-refractivity contribution in [1.29, 1.82) is 0 Å². The molecule has 0 bridgehead atoms. The van der Waals surface area contributed by atoms with Gasteiger partial charge in [-0.05, 0) is 67.8 Å². The Kier molecular flexibility index (Phi) is 7.02. The number of benzene rings is 2. The van der Waals surface area contributed by atoms with Crippen LogP contribution < -0.4 is 10.6 Å². The molecule has 2 aromatic carbocycles. The quantitative estimate of drug-likeness (QED) is 0.394. The lowest BCUT2D eigenvalue weighted by Crippen LogP contribution is -2.17. The minimum atomic E-state index is -0.211. The highest BCUT2D eigenvalue weighted by Gasteiger charge is 2.27. The average Bonchev–Trinajstić information content (AvgIpc) is 2.95. The van der Waals surface area contributed by atoms with Crippen molar-refractivity contribution in [3.63, 3.8) is 0 Å². The molecule has 2 aromatic heterocycles. The van der Waals surface area contributed by atoms with E-state index in [4.69, 9.17) is 0 Å². The number of amides is 2. The molecule has 0 saturated heterocycles. The summed E-state index contributed by atoms with van der Waals surface area (Å²) in [6.07, 6.45) is 4.01. The van der Waals surface area contributed by atoms with Crippen LogP contribution in [0.15, 0.2) is 84.9 Å². The van der Waals surface area contributed by atoms with Gasteiger partial charge in [0.05, 0.1) is 11.4 Å². The summed E-state index contributed by atoms with van der Waals surface area (Å²) in [6.45, 7) is 0. The van der Waals surface area contributed by atoms with Crippen LogP contribution in [0.1, 0.15) is 69.6 Å². The highest BCUT2D eigenvalue weighted by molar-refractivity contribution is 6.04. The molecule has 2 heterocycles. The molecule has 2 N–H and O–H groups in total. The molecular formula is C28H26N6O2. The van der Waals surface area contributed by atoms with Gasteiger partial charge in [-0.15, -0.1) is 10.2 Å². The summed E-state index contributed by atoms with van der Waals surface area (Å²) in [5.41, 5.74) is 2.98. The first kappa shape index (κ1) is 23.3. The zero-order valence-corrected chi connectivity index (χ0v) is 19.7. The Hall–Kier alpha value is -4.46. The third kappa shape index (κ3) is 5.60. The zero-order chi connectivity index (χ0) is 24.7. The van der Waals surface area contributed by atoms with E-state index in [0.717, 1.165) is 37.1 Å². The maximum absolute atomic E-state index is 12.3. The number of carbonyl (C=O) groups excluding carboxylic acids is 2. The highest BCUT2D eigenvalue weighted by Crippen LogP contribution is 2.40. The van der Waals surface area contributed by atoms with E-state index in [9.17, 15) is 9.59 Å². The predicted octanol–water partition coefficient (Wildman–Crippen LogP) is 5.21. The van der Waals surface area contributed by atoms with Crippen LogP contribution in [0.2, 0.25) is 0 Å². The fourth-order valence-electron chi connectivity index (χ4n) is 4.54. The van der Waals surface area contributed by atoms with Crippen molar-refractivity contribution in [2.45, 2.75) is 37.5 Å². The van der Waals surface area contributed by atoms with Crippen molar-refractivity contribution in [2.75, 3.05) is 10.6 Å². The van der Waals surface area contributed by atoms with Crippen molar-refractivity contribution in [3.8, 4) is 0 Å². The van der Waals surface area contributed by atoms with Crippen LogP contribution in [0.5, 0.6) is 0 Å². The van der Waals surface area contributed by atoms with E-state index >= 15 is 0 Å². The average molecular weight is 479 g/mol. The van der Waals surface area contributed by atoms with Crippen molar-refractivity contribution < 1.29 is 9.59 Å². The Labute approximate surface area is 209 Å². The Morgan fingerprint density at radius 1 is 0.583 bits per heavy atom. The van der Waals surface area contributed by atoms with Gasteiger partial charge in [-0.25, -0.2) is 0 Å². The summed E-state index contributed by atoms with van der Waals surface area (Å²) in [5.74, 6) is 0.955. The Bertz CT molecular complexity index is 1210. The molecule has 0 unspecified atom stereocenters. The molecule has 8 nitrogen and oxygen atoms in total. The molecule has 1 aliphatic carbocycles. The van der Waals surface area contributed by atoms with Crippen LogP contribution in [-0.4, -0.2) is 32.2 Å². The minimum Gasteiger partial charge on any atom is -0.305 e. The maximum Gasteiger partial charge on any atom is 0.256 e. The van der Waals surface area contributed by atoms with E-state index in [1.54, 1.807) is 36.4 Å². The summed E-state index contributed by atoms with van der Waals surface area (Å²) in [5, 5.41) is 22.9. The van der Waals surface area contributed by atoms with E-state index in [-0.39, 0.29) is 23.7 Å². The van der Waals surface area contributed by atoms with Gasteiger partial charge in [-0.1, -0.05) is 42.8 Å². The summed E-state index contributed by atoms with van der Waals surface area (Å²) in [4.78, 5) is 24.7. The van der Waals surface area contributed by atoms with Crippen LogP contribution in [0, 0.1) is 0 Å². The molecule has 2 amide bonds. The molecule has 1 aliphatic rings. The molecule has 36 heavy (non-hydrogen) atoms. The van der Waals surface area contributed by atoms with Gasteiger partial charge in [-0.2, -0.15) is 10.2 Å². The lowest BCUT2D eigenvalue weighted by atomic mass is 9.78. The molecular weight excluding hydrogens is 452 g/mol. The van der Waals surface area contributed by atoms with E-state index < -0.39 is 0 Å². The van der Waals surface area contributed by atoms with Gasteiger partial charge >= 0.3 is 0 Å². The predicted molar refractivity (Wildman–Crippen MR) is 137 cm³/mol. The fourth-order valence-corrected chi connectivity index (χ4v) is 4.54. The third-order valence-corrected chi connectivity index (χ3v) is 6.44.